The van der Waals surface area contributed by atoms with Crippen LogP contribution < -0.4 is 15.2 Å². The van der Waals surface area contributed by atoms with Gasteiger partial charge in [0, 0.05) is 30.9 Å². The molecule has 292 valence electrons. The molecule has 54 heavy (non-hydrogen) atoms. The van der Waals surface area contributed by atoms with Crippen LogP contribution in [0.2, 0.25) is 0 Å². The number of rotatable bonds is 8. The molecule has 2 unspecified atom stereocenters. The SMILES string of the molecule is N#COc1c2c(cc3c1CCC3)CCC2.NS(=O)(=O)C1CCN(C2CC2)C1.O=C(CS(=O)(=O)C1CCN(C2CC2)C1)Nc1c2c(cc3c1CCC3)CCC2. The van der Waals surface area contributed by atoms with E-state index in [1.807, 2.05) is 6.26 Å². The van der Waals surface area contributed by atoms with Gasteiger partial charge in [0.15, 0.2) is 9.84 Å². The molecule has 2 heterocycles. The number of fused-ring (bicyclic) bond motifs is 4. The Kier molecular flexibility index (Phi) is 10.9. The molecule has 13 heteroatoms. The van der Waals surface area contributed by atoms with Gasteiger partial charge >= 0.3 is 0 Å². The van der Waals surface area contributed by atoms with Crippen LogP contribution in [0.5, 0.6) is 5.75 Å². The lowest BCUT2D eigenvalue weighted by Crippen LogP contribution is -2.34. The second-order valence-electron chi connectivity index (χ2n) is 16.8. The van der Waals surface area contributed by atoms with E-state index in [1.54, 1.807) is 0 Å². The van der Waals surface area contributed by atoms with Crippen molar-refractivity contribution in [3.8, 4) is 12.0 Å². The number of primary sulfonamides is 1. The van der Waals surface area contributed by atoms with Gasteiger partial charge in [-0.25, -0.2) is 22.0 Å². The molecule has 2 saturated carbocycles. The van der Waals surface area contributed by atoms with Gasteiger partial charge in [-0.15, -0.1) is 5.26 Å². The Morgan fingerprint density at radius 3 is 1.59 bits per heavy atom. The molecule has 0 aromatic heterocycles. The third-order valence-electron chi connectivity index (χ3n) is 13.1. The molecule has 8 aliphatic rings. The predicted molar refractivity (Wildman–Crippen MR) is 209 cm³/mol. The van der Waals surface area contributed by atoms with Gasteiger partial charge in [0.2, 0.25) is 15.9 Å². The second kappa shape index (κ2) is 15.5. The first-order chi connectivity index (χ1) is 26.0. The van der Waals surface area contributed by atoms with Crippen molar-refractivity contribution in [2.45, 2.75) is 138 Å². The van der Waals surface area contributed by atoms with E-state index in [4.69, 9.17) is 15.1 Å². The molecule has 4 fully saturated rings. The number of carbonyl (C=O) groups excluding carboxylic acids is 1. The summed E-state index contributed by atoms with van der Waals surface area (Å²) in [4.78, 5) is 17.2. The fraction of sp³-hybridized carbons (Fsp3) is 0.659. The van der Waals surface area contributed by atoms with Gasteiger partial charge in [-0.05, 0) is 173 Å². The molecule has 2 saturated heterocycles. The minimum Gasteiger partial charge on any atom is -0.387 e. The van der Waals surface area contributed by atoms with Crippen molar-refractivity contribution in [3.05, 3.63) is 56.6 Å². The fourth-order valence-corrected chi connectivity index (χ4v) is 12.4. The molecular formula is C41H55N5O6S2. The zero-order valence-electron chi connectivity index (χ0n) is 31.4. The number of hydrogen-bond donors (Lipinski definition) is 2. The quantitative estimate of drug-likeness (QED) is 0.373. The number of anilines is 1. The monoisotopic (exact) mass is 777 g/mol. The predicted octanol–water partition coefficient (Wildman–Crippen LogP) is 4.29. The number of nitrogens with one attached hydrogen (secondary N) is 1. The highest BCUT2D eigenvalue weighted by Crippen LogP contribution is 2.41. The maximum absolute atomic E-state index is 12.8. The number of ether oxygens (including phenoxy) is 1. The molecule has 0 radical (unpaired) electrons. The number of carbonyl (C=O) groups is 1. The second-order valence-corrected chi connectivity index (χ2v) is 21.0. The third kappa shape index (κ3) is 8.24. The summed E-state index contributed by atoms with van der Waals surface area (Å²) in [6, 6.07) is 5.92. The number of sulfonamides is 1. The molecule has 11 nitrogen and oxygen atoms in total. The van der Waals surface area contributed by atoms with Crippen molar-refractivity contribution in [1.82, 2.24) is 9.80 Å². The topological polar surface area (TPSA) is 163 Å². The Morgan fingerprint density at radius 2 is 1.15 bits per heavy atom. The standard InChI is InChI=1S/C21H28N2O3S.C13H13NO.C7H14N2O2S/c24-20(13-27(25,26)17-9-10-23(12-17)16-7-8-16)22-21-18-5-1-3-14(18)11-15-4-2-6-19(15)21;14-8-15-13-11-5-1-3-9(11)7-10-4-2-6-12(10)13;8-12(10,11)7-3-4-9(5-7)6-1-2-6/h11,16-17H,1-10,12-13H2,(H,22,24);7H,1-6H2;6-7H,1-5H2,(H2,8,10,11). The molecule has 0 spiro atoms. The Bertz CT molecular complexity index is 1990. The van der Waals surface area contributed by atoms with Gasteiger partial charge in [-0.2, -0.15) is 0 Å². The normalized spacial score (nSPS) is 24.4. The van der Waals surface area contributed by atoms with E-state index in [9.17, 15) is 21.6 Å². The number of nitrogens with zero attached hydrogens (tertiary/aromatic N) is 3. The minimum atomic E-state index is -3.40. The number of likely N-dealkylation sites (tertiary alicyclic amines) is 2. The first-order valence-electron chi connectivity index (χ1n) is 20.4. The fourth-order valence-electron chi connectivity index (χ4n) is 9.99. The zero-order valence-corrected chi connectivity index (χ0v) is 33.0. The zero-order chi connectivity index (χ0) is 37.6. The average molecular weight is 778 g/mol. The summed E-state index contributed by atoms with van der Waals surface area (Å²) in [5.74, 6) is 0.170. The van der Waals surface area contributed by atoms with Crippen LogP contribution in [0.1, 0.15) is 109 Å². The van der Waals surface area contributed by atoms with E-state index in [1.165, 1.54) is 83.0 Å². The van der Waals surface area contributed by atoms with Crippen molar-refractivity contribution in [3.63, 3.8) is 0 Å². The number of amides is 1. The molecule has 6 aliphatic carbocycles. The van der Waals surface area contributed by atoms with Crippen molar-refractivity contribution >= 4 is 31.5 Å². The van der Waals surface area contributed by atoms with Crippen molar-refractivity contribution in [2.24, 2.45) is 5.14 Å². The number of hydrogen-bond acceptors (Lipinski definition) is 9. The van der Waals surface area contributed by atoms with Crippen LogP contribution in [0, 0.1) is 11.5 Å². The molecule has 1 amide bonds. The van der Waals surface area contributed by atoms with Gasteiger partial charge in [0.1, 0.15) is 11.5 Å². The van der Waals surface area contributed by atoms with Crippen molar-refractivity contribution < 1.29 is 26.4 Å². The Hall–Kier alpha value is -3.02. The Balaban J connectivity index is 0.000000128. The maximum Gasteiger partial charge on any atom is 0.292 e. The molecular weight excluding hydrogens is 723 g/mol. The average Bonchev–Trinajstić information content (AvgIpc) is 3.66. The summed E-state index contributed by atoms with van der Waals surface area (Å²) in [7, 11) is -6.68. The summed E-state index contributed by atoms with van der Waals surface area (Å²) in [6.07, 6.45) is 21.3. The van der Waals surface area contributed by atoms with Gasteiger partial charge in [-0.1, -0.05) is 12.1 Å². The summed E-state index contributed by atoms with van der Waals surface area (Å²) >= 11 is 0. The highest BCUT2D eigenvalue weighted by Gasteiger charge is 2.41. The van der Waals surface area contributed by atoms with Gasteiger partial charge in [0.25, 0.3) is 6.26 Å². The van der Waals surface area contributed by atoms with Gasteiger partial charge in [0.05, 0.1) is 10.5 Å². The van der Waals surface area contributed by atoms with Crippen LogP contribution in [0.4, 0.5) is 5.69 Å². The van der Waals surface area contributed by atoms with Crippen LogP contribution in [-0.4, -0.2) is 87.1 Å². The van der Waals surface area contributed by atoms with E-state index in [0.29, 0.717) is 31.6 Å². The molecule has 2 aromatic carbocycles. The van der Waals surface area contributed by atoms with Crippen LogP contribution in [0.25, 0.3) is 0 Å². The van der Waals surface area contributed by atoms with Crippen LogP contribution in [0.15, 0.2) is 12.1 Å². The molecule has 3 N–H and O–H groups in total. The van der Waals surface area contributed by atoms with Crippen molar-refractivity contribution in [1.29, 1.82) is 5.26 Å². The number of aryl methyl sites for hydroxylation is 4. The van der Waals surface area contributed by atoms with E-state index < -0.39 is 19.9 Å². The van der Waals surface area contributed by atoms with Crippen LogP contribution in [-0.2, 0) is 76.0 Å². The van der Waals surface area contributed by atoms with Gasteiger partial charge < -0.3 is 10.1 Å². The number of sulfone groups is 1. The van der Waals surface area contributed by atoms with Crippen LogP contribution >= 0.6 is 0 Å². The van der Waals surface area contributed by atoms with E-state index in [2.05, 4.69) is 27.2 Å². The maximum atomic E-state index is 12.8. The molecule has 10 rings (SSSR count). The Morgan fingerprint density at radius 1 is 0.704 bits per heavy atom. The lowest BCUT2D eigenvalue weighted by Gasteiger charge is -2.17. The van der Waals surface area contributed by atoms with E-state index in [-0.39, 0.29) is 22.2 Å². The highest BCUT2D eigenvalue weighted by atomic mass is 32.2. The number of nitrogens with two attached hydrogens (primary N) is 1. The van der Waals surface area contributed by atoms with Gasteiger partial charge in [-0.3, -0.25) is 14.6 Å². The van der Waals surface area contributed by atoms with Crippen LogP contribution in [0.3, 0.4) is 0 Å². The summed E-state index contributed by atoms with van der Waals surface area (Å²) < 4.78 is 52.7. The van der Waals surface area contributed by atoms with Crippen molar-refractivity contribution in [2.75, 3.05) is 37.2 Å². The summed E-state index contributed by atoms with van der Waals surface area (Å²) in [5.41, 5.74) is 11.6. The third-order valence-corrected chi connectivity index (χ3v) is 16.5. The lowest BCUT2D eigenvalue weighted by atomic mass is 9.98. The van der Waals surface area contributed by atoms with E-state index >= 15 is 0 Å². The smallest absolute Gasteiger partial charge is 0.292 e. The Labute approximate surface area is 321 Å². The largest absolute Gasteiger partial charge is 0.387 e. The molecule has 0 bridgehead atoms. The molecule has 2 aliphatic heterocycles. The molecule has 2 atom stereocenters. The first kappa shape index (κ1) is 37.9. The molecule has 2 aromatic rings. The highest BCUT2D eigenvalue weighted by molar-refractivity contribution is 7.92. The number of benzene rings is 2. The lowest BCUT2D eigenvalue weighted by molar-refractivity contribution is -0.113. The minimum absolute atomic E-state index is 0.307. The first-order valence-corrected chi connectivity index (χ1v) is 23.7. The van der Waals surface area contributed by atoms with E-state index in [0.717, 1.165) is 95.2 Å². The summed E-state index contributed by atoms with van der Waals surface area (Å²) in [6.45, 7) is 3.03. The summed E-state index contributed by atoms with van der Waals surface area (Å²) in [5, 5.41) is 16.1. The number of nitriles is 1.